The predicted octanol–water partition coefficient (Wildman–Crippen LogP) is 39.1. The summed E-state index contributed by atoms with van der Waals surface area (Å²) in [5, 5.41) is 8.01. The molecule has 0 spiro atoms. The van der Waals surface area contributed by atoms with Crippen molar-refractivity contribution in [2.24, 2.45) is 0 Å². The van der Waals surface area contributed by atoms with Crippen molar-refractivity contribution < 1.29 is 5.11 Å². The summed E-state index contributed by atoms with van der Waals surface area (Å²) in [4.78, 5) is 0. The number of hydrogen-bond acceptors (Lipinski definition) is 1. The van der Waals surface area contributed by atoms with Crippen LogP contribution in [0.2, 0.25) is 0 Å². The van der Waals surface area contributed by atoms with Gasteiger partial charge in [-0.15, -0.1) is 0 Å². The van der Waals surface area contributed by atoms with Gasteiger partial charge in [0, 0.05) is 0 Å². The highest BCUT2D eigenvalue weighted by Crippen LogP contribution is 2.24. The van der Waals surface area contributed by atoms with Gasteiger partial charge in [-0.3, -0.25) is 0 Å². The van der Waals surface area contributed by atoms with Crippen LogP contribution in [0.15, 0.2) is 0 Å². The molecule has 82 heavy (non-hydrogen) atoms. The molecule has 0 aliphatic rings. The van der Waals surface area contributed by atoms with E-state index in [1.807, 2.05) is 0 Å². The van der Waals surface area contributed by atoms with Gasteiger partial charge in [0.05, 0.1) is 6.61 Å². The number of rotatable bonds is 0. The Balaban J connectivity index is -0.0000000274. The van der Waals surface area contributed by atoms with Crippen LogP contribution < -0.4 is 0 Å². The minimum absolute atomic E-state index is 0.433. The fraction of sp³-hybridized carbons (Fsp3) is 1.00. The van der Waals surface area contributed by atoms with Crippen molar-refractivity contribution >= 4 is 696 Å². The molecule has 0 atom stereocenters. The first-order valence-corrected chi connectivity index (χ1v) is 39.7. The SMILES string of the molecule is ClC(Cl)Cl.ClC(Cl)Cl.ClC(Cl)Cl.ClC(Cl)Cl.ClC(Cl)Cl.ClC(Cl)Cl.ClC(Cl)Cl.ClC(Cl)Cl.ClC(Cl)Cl.ClC(Cl)Cl.ClC(Cl)Cl.ClC(Cl)Cl.ClC(Cl)Cl.ClC(Cl)Cl.ClC(Cl)Cl.ClC(Cl)Cl.ClC(Cl)Cl.ClC(Cl)Cl.ClC(Cl)Cl.OCC(Cl)(Cl)Cl. The summed E-state index contributed by atoms with van der Waals surface area (Å²) < 4.78 is -15.7. The Morgan fingerprint density at radius 1 is 0.134 bits per heavy atom. The average molecular weight is 2420 g/mol. The Labute approximate surface area is 778 Å². The monoisotopic (exact) mass is 2390 g/mol. The highest BCUT2D eigenvalue weighted by atomic mass is 35.6. The van der Waals surface area contributed by atoms with Crippen LogP contribution in [0, 0.1) is 0 Å². The zero-order valence-electron chi connectivity index (χ0n) is 35.3. The first-order valence-electron chi connectivity index (χ1n) is 13.7. The molecule has 0 aromatic carbocycles. The molecular weight excluding hydrogens is 2400 g/mol. The van der Waals surface area contributed by atoms with Gasteiger partial charge in [0.1, 0.15) is 0 Å². The summed E-state index contributed by atoms with van der Waals surface area (Å²) in [6.45, 7) is -0.433. The number of aliphatic hydroxyl groups is 1. The summed E-state index contributed by atoms with van der Waals surface area (Å²) in [6, 6.07) is 0. The number of hydrogen-bond donors (Lipinski definition) is 1. The molecule has 1 nitrogen and oxygen atoms in total. The fourth-order valence-corrected chi connectivity index (χ4v) is 0. The van der Waals surface area contributed by atoms with E-state index in [2.05, 4.69) is 0 Å². The normalized spacial score (nSPS) is 9.22. The van der Waals surface area contributed by atoms with E-state index in [9.17, 15) is 0 Å². The van der Waals surface area contributed by atoms with E-state index in [1.165, 1.54) is 0 Å². The third kappa shape index (κ3) is 2180. The lowest BCUT2D eigenvalue weighted by Gasteiger charge is -2.01. The fourth-order valence-electron chi connectivity index (χ4n) is 0. The Morgan fingerprint density at radius 3 is 0.146 bits per heavy atom. The molecule has 0 saturated heterocycles. The van der Waals surface area contributed by atoms with Crippen molar-refractivity contribution in [3.63, 3.8) is 0 Å². The van der Waals surface area contributed by atoms with E-state index in [1.54, 1.807) is 0 Å². The average Bonchev–Trinajstić information content (AvgIpc) is 3.03. The van der Waals surface area contributed by atoms with E-state index in [0.29, 0.717) is 0 Å². The highest BCUT2D eigenvalue weighted by molar-refractivity contribution is 6.71. The molecule has 0 unspecified atom stereocenters. The summed E-state index contributed by atoms with van der Waals surface area (Å²) in [7, 11) is 0. The molecule has 0 aliphatic heterocycles. The summed E-state index contributed by atoms with van der Waals surface area (Å²) in [6.07, 6.45) is 0. The van der Waals surface area contributed by atoms with Crippen molar-refractivity contribution in [1.82, 2.24) is 0 Å². The van der Waals surface area contributed by atoms with Crippen molar-refractivity contribution in [3.05, 3.63) is 0 Å². The molecular formula is C21H22Cl60O. The molecule has 0 aliphatic carbocycles. The third-order valence-electron chi connectivity index (χ3n) is 0.179. The summed E-state index contributed by atoms with van der Waals surface area (Å²) >= 11 is 289. The molecule has 0 fully saturated rings. The molecule has 0 bridgehead atoms. The van der Waals surface area contributed by atoms with Crippen LogP contribution in [0.5, 0.6) is 0 Å². The van der Waals surface area contributed by atoms with Crippen molar-refractivity contribution in [1.29, 1.82) is 0 Å². The van der Waals surface area contributed by atoms with Gasteiger partial charge in [0.25, 0.3) is 0 Å². The van der Waals surface area contributed by atoms with Crippen molar-refractivity contribution in [2.45, 2.75) is 85.4 Å². The number of halogens is 60. The Morgan fingerprint density at radius 2 is 0.146 bits per heavy atom. The van der Waals surface area contributed by atoms with Crippen LogP contribution in [-0.2, 0) is 0 Å². The van der Waals surface area contributed by atoms with Gasteiger partial charge in [0.2, 0.25) is 3.79 Å². The molecule has 0 heterocycles. The minimum Gasteiger partial charge on any atom is -0.392 e. The molecule has 0 aromatic rings. The van der Waals surface area contributed by atoms with Gasteiger partial charge in [0.15, 0.2) is 81.6 Å². The first kappa shape index (κ1) is 153. The largest absolute Gasteiger partial charge is 0.392 e. The van der Waals surface area contributed by atoms with Gasteiger partial charge in [-0.25, -0.2) is 0 Å². The molecule has 532 valence electrons. The Hall–Kier alpha value is 17.4. The van der Waals surface area contributed by atoms with Crippen molar-refractivity contribution in [2.75, 3.05) is 6.61 Å². The first-order chi connectivity index (χ1) is 35.5. The topological polar surface area (TPSA) is 20.2 Å². The number of aliphatic hydroxyl groups excluding tert-OH is 1. The Kier molecular flexibility index (Phi) is 262. The van der Waals surface area contributed by atoms with Gasteiger partial charge in [-0.2, -0.15) is 0 Å². The molecule has 1 N–H and O–H groups in total. The smallest absolute Gasteiger partial charge is 0.213 e. The van der Waals surface area contributed by atoms with E-state index in [-0.39, 0.29) is 0 Å². The quantitative estimate of drug-likeness (QED) is 0.240. The molecule has 61 heteroatoms. The van der Waals surface area contributed by atoms with Gasteiger partial charge in [-0.1, -0.05) is 696 Å². The summed E-state index contributed by atoms with van der Waals surface area (Å²) in [5.41, 5.74) is 0. The van der Waals surface area contributed by atoms with E-state index in [0.717, 1.165) is 0 Å². The highest BCUT2D eigenvalue weighted by Gasteiger charge is 2.16. The standard InChI is InChI=1S/C2H3Cl3O.19CHCl3/c3-2(4,5)1-6;19*2-1(3)4/h6H,1H2;19*1H. The van der Waals surface area contributed by atoms with Crippen LogP contribution >= 0.6 is 696 Å². The maximum atomic E-state index is 8.01. The second kappa shape index (κ2) is 141. The third-order valence-corrected chi connectivity index (χ3v) is 0.538. The van der Waals surface area contributed by atoms with Crippen LogP contribution in [0.25, 0.3) is 0 Å². The Bertz CT molecular complexity index is 501. The van der Waals surface area contributed by atoms with E-state index in [4.69, 9.17) is 701 Å². The second-order valence-corrected chi connectivity index (χ2v) is 45.6. The van der Waals surface area contributed by atoms with Crippen molar-refractivity contribution in [3.8, 4) is 0 Å². The predicted molar refractivity (Wildman–Crippen MR) is 433 cm³/mol. The molecule has 0 rings (SSSR count). The lowest BCUT2D eigenvalue weighted by molar-refractivity contribution is 0.303. The van der Waals surface area contributed by atoms with Crippen LogP contribution in [0.3, 0.4) is 0 Å². The van der Waals surface area contributed by atoms with Crippen LogP contribution in [0.1, 0.15) is 0 Å². The maximum absolute atomic E-state index is 8.01. The molecule has 0 saturated carbocycles. The zero-order chi connectivity index (χ0) is 73.2. The van der Waals surface area contributed by atoms with Gasteiger partial charge >= 0.3 is 0 Å². The number of alkyl halides is 60. The van der Waals surface area contributed by atoms with E-state index < -0.39 is 92.0 Å². The lowest BCUT2D eigenvalue weighted by Crippen LogP contribution is -2.06. The molecule has 0 aromatic heterocycles. The second-order valence-electron chi connectivity index (χ2n) is 5.47. The molecule has 0 amide bonds. The zero-order valence-corrected chi connectivity index (χ0v) is 80.7. The summed E-state index contributed by atoms with van der Waals surface area (Å²) in [5.74, 6) is 0. The van der Waals surface area contributed by atoms with Crippen LogP contribution in [-0.4, -0.2) is 97.1 Å². The van der Waals surface area contributed by atoms with Gasteiger partial charge < -0.3 is 5.11 Å². The maximum Gasteiger partial charge on any atom is 0.213 e. The van der Waals surface area contributed by atoms with Gasteiger partial charge in [-0.05, 0) is 0 Å². The molecule has 0 radical (unpaired) electrons. The lowest BCUT2D eigenvalue weighted by atomic mass is 10.9. The minimum atomic E-state index is -1.49. The van der Waals surface area contributed by atoms with E-state index >= 15 is 0 Å². The van der Waals surface area contributed by atoms with Crippen LogP contribution in [0.4, 0.5) is 0 Å².